The minimum Gasteiger partial charge on any atom is -0.467 e. The minimum absolute atomic E-state index is 0.0557. The highest BCUT2D eigenvalue weighted by Crippen LogP contribution is 2.37. The van der Waals surface area contributed by atoms with Crippen LogP contribution < -0.4 is 26.3 Å². The number of benzene rings is 3. The van der Waals surface area contributed by atoms with Crippen LogP contribution in [0.1, 0.15) is 31.3 Å². The Morgan fingerprint density at radius 1 is 0.922 bits per heavy atom. The van der Waals surface area contributed by atoms with Gasteiger partial charge in [-0.05, 0) is 39.7 Å². The number of hydrogen-bond acceptors (Lipinski definition) is 10. The fourth-order valence-electron chi connectivity index (χ4n) is 5.47. The third-order valence-electron chi connectivity index (χ3n) is 7.94. The molecular weight excluding hydrogens is 689 g/mol. The summed E-state index contributed by atoms with van der Waals surface area (Å²) in [6, 6.07) is 23.8. The molecule has 1 heterocycles. The Hall–Kier alpha value is -5.15. The summed E-state index contributed by atoms with van der Waals surface area (Å²) in [4.78, 5) is 56.0. The molecule has 268 valence electrons. The third-order valence-corrected chi connectivity index (χ3v) is 13.8. The molecule has 0 bridgehead atoms. The Bertz CT molecular complexity index is 1760. The maximum atomic E-state index is 13.8. The first-order valence-corrected chi connectivity index (χ1v) is 18.9. The molecule has 0 aliphatic rings. The number of methoxy groups -OCH3 is 1. The van der Waals surface area contributed by atoms with E-state index < -0.39 is 55.9 Å². The van der Waals surface area contributed by atoms with Crippen LogP contribution in [0.15, 0.2) is 103 Å². The molecule has 2 atom stereocenters. The van der Waals surface area contributed by atoms with E-state index in [0.717, 1.165) is 17.5 Å². The zero-order valence-electron chi connectivity index (χ0n) is 28.9. The lowest BCUT2D eigenvalue weighted by Crippen LogP contribution is -2.68. The van der Waals surface area contributed by atoms with Crippen LogP contribution in [0, 0.1) is 0 Å². The van der Waals surface area contributed by atoms with Gasteiger partial charge in [0.1, 0.15) is 23.4 Å². The highest BCUT2D eigenvalue weighted by Gasteiger charge is 2.50. The van der Waals surface area contributed by atoms with Crippen molar-refractivity contribution in [1.29, 1.82) is 0 Å². The van der Waals surface area contributed by atoms with Gasteiger partial charge in [-0.3, -0.25) is 14.9 Å². The number of nitrogens with one attached hydrogen (secondary N) is 3. The SMILES string of the molecule is C=CCOC(=O)Nc1ccc(-c2nc(C(=O)NC(CO[Si](c3ccccc3)(c3ccccc3)C(C)(C)C)C(=O)NC(CO)C(=O)OC)cs2)cc1. The first kappa shape index (κ1) is 38.6. The summed E-state index contributed by atoms with van der Waals surface area (Å²) >= 11 is 1.22. The van der Waals surface area contributed by atoms with Gasteiger partial charge in [-0.15, -0.1) is 11.3 Å². The molecule has 2 unspecified atom stereocenters. The molecule has 14 heteroatoms. The zero-order chi connectivity index (χ0) is 37.0. The van der Waals surface area contributed by atoms with E-state index in [2.05, 4.69) is 48.3 Å². The second kappa shape index (κ2) is 17.7. The van der Waals surface area contributed by atoms with Gasteiger partial charge in [0, 0.05) is 16.6 Å². The Morgan fingerprint density at radius 3 is 2.06 bits per heavy atom. The lowest BCUT2D eigenvalue weighted by Gasteiger charge is -2.43. The second-order valence-corrected chi connectivity index (χ2v) is 17.6. The van der Waals surface area contributed by atoms with Gasteiger partial charge < -0.3 is 29.6 Å². The fraction of sp³-hybridized carbons (Fsp3) is 0.270. The fourth-order valence-corrected chi connectivity index (χ4v) is 10.9. The van der Waals surface area contributed by atoms with Crippen molar-refractivity contribution in [2.24, 2.45) is 0 Å². The van der Waals surface area contributed by atoms with E-state index in [0.29, 0.717) is 16.3 Å². The molecule has 0 aliphatic carbocycles. The first-order chi connectivity index (χ1) is 24.4. The number of anilines is 1. The highest BCUT2D eigenvalue weighted by molar-refractivity contribution is 7.13. The van der Waals surface area contributed by atoms with Crippen LogP contribution in [0.5, 0.6) is 0 Å². The molecule has 3 aromatic carbocycles. The second-order valence-electron chi connectivity index (χ2n) is 12.4. The van der Waals surface area contributed by atoms with E-state index in [1.165, 1.54) is 17.4 Å². The summed E-state index contributed by atoms with van der Waals surface area (Å²) in [7, 11) is -2.01. The maximum absolute atomic E-state index is 13.8. The molecule has 0 spiro atoms. The van der Waals surface area contributed by atoms with E-state index in [9.17, 15) is 24.3 Å². The average molecular weight is 731 g/mol. The van der Waals surface area contributed by atoms with E-state index in [-0.39, 0.29) is 18.9 Å². The molecule has 3 amide bonds. The van der Waals surface area contributed by atoms with Crippen LogP contribution in [0.3, 0.4) is 0 Å². The number of carbonyl (C=O) groups excluding carboxylic acids is 4. The van der Waals surface area contributed by atoms with Crippen molar-refractivity contribution in [2.45, 2.75) is 37.9 Å². The number of aliphatic hydroxyl groups is 1. The standard InChI is InChI=1S/C37H42N4O8SSi/c1-6-21-48-36(46)38-26-19-17-25(18-20-26)34-41-31(24-50-34)33(44)40-30(32(43)39-29(22-42)35(45)47-5)23-49-51(37(2,3)4,27-13-9-7-10-14-27)28-15-11-8-12-16-28/h6-20,24,29-30,42H,1,21-23H2,2-5H3,(H,38,46)(H,39,43)(H,40,44). The number of esters is 1. The Kier molecular flexibility index (Phi) is 13.4. The van der Waals surface area contributed by atoms with Gasteiger partial charge >= 0.3 is 12.1 Å². The Balaban J connectivity index is 1.62. The molecule has 12 nitrogen and oxygen atoms in total. The van der Waals surface area contributed by atoms with Crippen LogP contribution in [0.4, 0.5) is 10.5 Å². The molecule has 1 aromatic heterocycles. The van der Waals surface area contributed by atoms with Gasteiger partial charge in [0.15, 0.2) is 6.04 Å². The monoisotopic (exact) mass is 730 g/mol. The third kappa shape index (κ3) is 9.55. The number of hydrogen-bond donors (Lipinski definition) is 4. The number of aliphatic hydroxyl groups excluding tert-OH is 1. The Labute approximate surface area is 302 Å². The first-order valence-electron chi connectivity index (χ1n) is 16.1. The van der Waals surface area contributed by atoms with Crippen LogP contribution >= 0.6 is 11.3 Å². The number of nitrogens with zero attached hydrogens (tertiary/aromatic N) is 1. The molecule has 0 saturated heterocycles. The van der Waals surface area contributed by atoms with Crippen LogP contribution in [-0.4, -0.2) is 81.3 Å². The number of aromatic nitrogens is 1. The number of ether oxygens (including phenoxy) is 2. The van der Waals surface area contributed by atoms with Crippen molar-refractivity contribution in [1.82, 2.24) is 15.6 Å². The lowest BCUT2D eigenvalue weighted by atomic mass is 10.2. The summed E-state index contributed by atoms with van der Waals surface area (Å²) in [5.41, 5.74) is 1.25. The van der Waals surface area contributed by atoms with Crippen LogP contribution in [0.25, 0.3) is 10.6 Å². The summed E-state index contributed by atoms with van der Waals surface area (Å²) in [6.07, 6.45) is 0.843. The van der Waals surface area contributed by atoms with Crippen LogP contribution in [0.2, 0.25) is 5.04 Å². The average Bonchev–Trinajstić information content (AvgIpc) is 3.63. The number of rotatable bonds is 15. The molecule has 4 aromatic rings. The normalized spacial score (nSPS) is 12.6. The predicted molar refractivity (Wildman–Crippen MR) is 199 cm³/mol. The van der Waals surface area contributed by atoms with Crippen molar-refractivity contribution in [2.75, 3.05) is 32.2 Å². The maximum Gasteiger partial charge on any atom is 0.411 e. The number of carbonyl (C=O) groups is 4. The summed E-state index contributed by atoms with van der Waals surface area (Å²) in [6.45, 7) is 8.86. The van der Waals surface area contributed by atoms with Gasteiger partial charge in [0.25, 0.3) is 14.2 Å². The largest absolute Gasteiger partial charge is 0.467 e. The number of thiazole rings is 1. The van der Waals surface area contributed by atoms with Gasteiger partial charge in [-0.1, -0.05) is 94.1 Å². The molecule has 0 aliphatic heterocycles. The smallest absolute Gasteiger partial charge is 0.411 e. The summed E-state index contributed by atoms with van der Waals surface area (Å²) in [5, 5.41) is 21.3. The molecule has 0 radical (unpaired) electrons. The molecule has 4 N–H and O–H groups in total. The highest BCUT2D eigenvalue weighted by atomic mass is 32.1. The predicted octanol–water partition coefficient (Wildman–Crippen LogP) is 3.87. The summed E-state index contributed by atoms with van der Waals surface area (Å²) < 4.78 is 16.6. The van der Waals surface area contributed by atoms with Crippen molar-refractivity contribution in [3.8, 4) is 10.6 Å². The lowest BCUT2D eigenvalue weighted by molar-refractivity contribution is -0.146. The van der Waals surface area contributed by atoms with E-state index in [1.807, 2.05) is 60.7 Å². The van der Waals surface area contributed by atoms with E-state index in [1.54, 1.807) is 29.6 Å². The van der Waals surface area contributed by atoms with Gasteiger partial charge in [0.2, 0.25) is 5.91 Å². The van der Waals surface area contributed by atoms with E-state index in [4.69, 9.17) is 13.9 Å². The minimum atomic E-state index is -3.15. The molecule has 0 fully saturated rings. The van der Waals surface area contributed by atoms with E-state index >= 15 is 0 Å². The van der Waals surface area contributed by atoms with Crippen molar-refractivity contribution < 1.29 is 38.2 Å². The van der Waals surface area contributed by atoms with Gasteiger partial charge in [-0.25, -0.2) is 14.6 Å². The van der Waals surface area contributed by atoms with Crippen molar-refractivity contribution in [3.63, 3.8) is 0 Å². The molecule has 0 saturated carbocycles. The van der Waals surface area contributed by atoms with Gasteiger partial charge in [-0.2, -0.15) is 0 Å². The zero-order valence-corrected chi connectivity index (χ0v) is 30.7. The van der Waals surface area contributed by atoms with Gasteiger partial charge in [0.05, 0.1) is 20.3 Å². The number of amides is 3. The van der Waals surface area contributed by atoms with Crippen molar-refractivity contribution in [3.05, 3.63) is 109 Å². The topological polar surface area (TPSA) is 165 Å². The molecule has 4 rings (SSSR count). The quantitative estimate of drug-likeness (QED) is 0.0808. The van der Waals surface area contributed by atoms with Crippen LogP contribution in [-0.2, 0) is 23.5 Å². The Morgan fingerprint density at radius 2 is 1.53 bits per heavy atom. The van der Waals surface area contributed by atoms with Crippen molar-refractivity contribution >= 4 is 59.6 Å². The molecule has 51 heavy (non-hydrogen) atoms. The molecular formula is C37H42N4O8SSi. The summed E-state index contributed by atoms with van der Waals surface area (Å²) in [5.74, 6) is -2.25.